The molecule has 0 bridgehead atoms. The molecule has 2 heterocycles. The van der Waals surface area contributed by atoms with Crippen LogP contribution >= 0.6 is 24.0 Å². The quantitative estimate of drug-likeness (QED) is 0.366. The summed E-state index contributed by atoms with van der Waals surface area (Å²) in [6, 6.07) is 7.36. The molecule has 3 unspecified atom stereocenters. The van der Waals surface area contributed by atoms with Gasteiger partial charge in [0.15, 0.2) is 5.96 Å². The molecule has 5 nitrogen and oxygen atoms in total. The molecule has 162 valence electrons. The minimum absolute atomic E-state index is 0. The van der Waals surface area contributed by atoms with Crippen molar-refractivity contribution in [2.24, 2.45) is 4.99 Å². The van der Waals surface area contributed by atoms with E-state index in [9.17, 15) is 4.39 Å². The summed E-state index contributed by atoms with van der Waals surface area (Å²) in [6.45, 7) is 3.48. The van der Waals surface area contributed by atoms with E-state index < -0.39 is 0 Å². The second kappa shape index (κ2) is 10.9. The third-order valence-electron chi connectivity index (χ3n) is 6.15. The van der Waals surface area contributed by atoms with Crippen LogP contribution in [0.5, 0.6) is 0 Å². The highest BCUT2D eigenvalue weighted by Crippen LogP contribution is 2.42. The number of benzene rings is 1. The van der Waals surface area contributed by atoms with Crippen LogP contribution in [0, 0.1) is 5.82 Å². The first-order valence-electron chi connectivity index (χ1n) is 10.7. The molecule has 2 saturated heterocycles. The summed E-state index contributed by atoms with van der Waals surface area (Å²) >= 11 is 0. The first kappa shape index (κ1) is 22.7. The third kappa shape index (κ3) is 6.04. The summed E-state index contributed by atoms with van der Waals surface area (Å²) in [4.78, 5) is 6.76. The Morgan fingerprint density at radius 3 is 2.72 bits per heavy atom. The van der Waals surface area contributed by atoms with Crippen LogP contribution in [-0.4, -0.2) is 62.5 Å². The lowest BCUT2D eigenvalue weighted by Crippen LogP contribution is -2.48. The van der Waals surface area contributed by atoms with Crippen molar-refractivity contribution in [1.82, 2.24) is 10.2 Å². The number of guanidine groups is 1. The number of hydrogen-bond acceptors (Lipinski definition) is 3. The summed E-state index contributed by atoms with van der Waals surface area (Å²) in [6.07, 6.45) is 7.13. The molecule has 7 heteroatoms. The number of hydrogen-bond donors (Lipinski definition) is 1. The first-order chi connectivity index (χ1) is 13.7. The lowest BCUT2D eigenvalue weighted by molar-refractivity contribution is -0.0721. The maximum Gasteiger partial charge on any atom is 0.193 e. The molecule has 1 aromatic rings. The number of nitrogens with one attached hydrogen (secondary N) is 1. The van der Waals surface area contributed by atoms with Crippen LogP contribution in [0.1, 0.15) is 50.0 Å². The fraction of sp³-hybridized carbons (Fsp3) is 0.682. The van der Waals surface area contributed by atoms with Crippen LogP contribution in [0.2, 0.25) is 0 Å². The second-order valence-corrected chi connectivity index (χ2v) is 8.17. The Kier molecular flexibility index (Phi) is 8.56. The summed E-state index contributed by atoms with van der Waals surface area (Å²) in [5, 5.41) is 3.53. The molecule has 1 aromatic carbocycles. The van der Waals surface area contributed by atoms with E-state index in [0.717, 1.165) is 63.5 Å². The van der Waals surface area contributed by atoms with Crippen LogP contribution in [0.3, 0.4) is 0 Å². The van der Waals surface area contributed by atoms with E-state index in [4.69, 9.17) is 9.47 Å². The lowest BCUT2D eigenvalue weighted by atomic mass is 10.1. The number of aliphatic imine (C=N–C) groups is 1. The molecule has 1 saturated carbocycles. The Morgan fingerprint density at radius 1 is 1.24 bits per heavy atom. The molecule has 2 aliphatic heterocycles. The molecule has 0 aromatic heterocycles. The minimum Gasteiger partial charge on any atom is -0.376 e. The van der Waals surface area contributed by atoms with Crippen molar-refractivity contribution in [3.8, 4) is 0 Å². The molecule has 0 radical (unpaired) electrons. The predicted octanol–water partition coefficient (Wildman–Crippen LogP) is 3.93. The number of piperidine rings is 1. The monoisotopic (exact) mass is 517 g/mol. The van der Waals surface area contributed by atoms with Gasteiger partial charge in [0.25, 0.3) is 0 Å². The molecule has 29 heavy (non-hydrogen) atoms. The highest BCUT2D eigenvalue weighted by atomic mass is 127. The molecule has 1 aliphatic carbocycles. The number of rotatable bonds is 5. The van der Waals surface area contributed by atoms with Gasteiger partial charge in [-0.3, -0.25) is 4.99 Å². The Labute approximate surface area is 190 Å². The average Bonchev–Trinajstić information content (AvgIpc) is 3.51. The molecule has 3 fully saturated rings. The summed E-state index contributed by atoms with van der Waals surface area (Å²) in [7, 11) is 1.83. The van der Waals surface area contributed by atoms with E-state index >= 15 is 0 Å². The van der Waals surface area contributed by atoms with Crippen LogP contribution in [0.15, 0.2) is 29.3 Å². The molecule has 4 rings (SSSR count). The van der Waals surface area contributed by atoms with Gasteiger partial charge in [0, 0.05) is 38.7 Å². The molecule has 3 atom stereocenters. The normalized spacial score (nSPS) is 28.0. The van der Waals surface area contributed by atoms with Crippen molar-refractivity contribution in [3.63, 3.8) is 0 Å². The fourth-order valence-corrected chi connectivity index (χ4v) is 4.35. The van der Waals surface area contributed by atoms with Crippen LogP contribution in [0.4, 0.5) is 4.39 Å². The van der Waals surface area contributed by atoms with E-state index in [0.29, 0.717) is 6.10 Å². The summed E-state index contributed by atoms with van der Waals surface area (Å²) in [5.41, 5.74) is 0.812. The number of halogens is 2. The van der Waals surface area contributed by atoms with E-state index in [-0.39, 0.29) is 47.9 Å². The van der Waals surface area contributed by atoms with Gasteiger partial charge in [-0.2, -0.15) is 0 Å². The Morgan fingerprint density at radius 2 is 2.03 bits per heavy atom. The first-order valence-corrected chi connectivity index (χ1v) is 10.7. The topological polar surface area (TPSA) is 46.1 Å². The van der Waals surface area contributed by atoms with Crippen LogP contribution in [-0.2, 0) is 9.47 Å². The van der Waals surface area contributed by atoms with Crippen molar-refractivity contribution < 1.29 is 13.9 Å². The van der Waals surface area contributed by atoms with Crippen molar-refractivity contribution >= 4 is 29.9 Å². The van der Waals surface area contributed by atoms with Crippen LogP contribution < -0.4 is 5.32 Å². The highest BCUT2D eigenvalue weighted by Gasteiger charge is 2.41. The number of nitrogens with zero attached hydrogens (tertiary/aromatic N) is 2. The van der Waals surface area contributed by atoms with Gasteiger partial charge in [0.05, 0.1) is 18.8 Å². The zero-order valence-corrected chi connectivity index (χ0v) is 19.5. The zero-order valence-electron chi connectivity index (χ0n) is 17.2. The van der Waals surface area contributed by atoms with Gasteiger partial charge in [-0.15, -0.1) is 24.0 Å². The van der Waals surface area contributed by atoms with E-state index in [1.807, 2.05) is 19.2 Å². The smallest absolute Gasteiger partial charge is 0.193 e. The highest BCUT2D eigenvalue weighted by molar-refractivity contribution is 14.0. The standard InChI is InChI=1S/C22H32FN3O2.HI/c1-24-22(25-21-14-19(21)18-7-2-3-8-20(18)23)26-11-9-16(10-12-26)28-15-17-6-4-5-13-27-17;/h2-3,7-8,16-17,19,21H,4-6,9-15H2,1H3,(H,24,25);1H. The van der Waals surface area contributed by atoms with Gasteiger partial charge in [0.1, 0.15) is 5.82 Å². The minimum atomic E-state index is -0.105. The van der Waals surface area contributed by atoms with Gasteiger partial charge >= 0.3 is 0 Å². The second-order valence-electron chi connectivity index (χ2n) is 8.17. The summed E-state index contributed by atoms with van der Waals surface area (Å²) < 4.78 is 25.9. The number of likely N-dealkylation sites (tertiary alicyclic amines) is 1. The Hall–Kier alpha value is -0.930. The third-order valence-corrected chi connectivity index (χ3v) is 6.15. The van der Waals surface area contributed by atoms with Crippen molar-refractivity contribution in [2.45, 2.75) is 62.7 Å². The van der Waals surface area contributed by atoms with Gasteiger partial charge in [-0.25, -0.2) is 4.39 Å². The zero-order chi connectivity index (χ0) is 19.3. The lowest BCUT2D eigenvalue weighted by Gasteiger charge is -2.35. The van der Waals surface area contributed by atoms with Gasteiger partial charge in [0.2, 0.25) is 0 Å². The SMILES string of the molecule is CN=C(NC1CC1c1ccccc1F)N1CCC(OCC2CCCCO2)CC1.I. The molecule has 0 spiro atoms. The maximum absolute atomic E-state index is 14.0. The molecule has 1 N–H and O–H groups in total. The molecular formula is C22H33FIN3O2. The van der Waals surface area contributed by atoms with E-state index in [1.165, 1.54) is 12.8 Å². The summed E-state index contributed by atoms with van der Waals surface area (Å²) in [5.74, 6) is 1.07. The Bertz CT molecular complexity index is 676. The van der Waals surface area contributed by atoms with Gasteiger partial charge in [-0.1, -0.05) is 18.2 Å². The van der Waals surface area contributed by atoms with Crippen molar-refractivity contribution in [3.05, 3.63) is 35.6 Å². The number of ether oxygens (including phenoxy) is 2. The predicted molar refractivity (Wildman–Crippen MR) is 124 cm³/mol. The van der Waals surface area contributed by atoms with Crippen molar-refractivity contribution in [1.29, 1.82) is 0 Å². The molecular weight excluding hydrogens is 484 g/mol. The van der Waals surface area contributed by atoms with E-state index in [1.54, 1.807) is 12.1 Å². The van der Waals surface area contributed by atoms with Crippen LogP contribution in [0.25, 0.3) is 0 Å². The average molecular weight is 517 g/mol. The fourth-order valence-electron chi connectivity index (χ4n) is 4.35. The van der Waals surface area contributed by atoms with Gasteiger partial charge < -0.3 is 19.7 Å². The van der Waals surface area contributed by atoms with Gasteiger partial charge in [-0.05, 0) is 50.2 Å². The maximum atomic E-state index is 14.0. The largest absolute Gasteiger partial charge is 0.376 e. The van der Waals surface area contributed by atoms with E-state index in [2.05, 4.69) is 15.2 Å². The molecule has 3 aliphatic rings. The van der Waals surface area contributed by atoms with Crippen molar-refractivity contribution in [2.75, 3.05) is 33.4 Å². The Balaban J connectivity index is 0.00000240. The molecule has 0 amide bonds.